The largest absolute Gasteiger partial charge is 0.384 e. The summed E-state index contributed by atoms with van der Waals surface area (Å²) < 4.78 is 0. The number of nitrogens with one attached hydrogen (secondary N) is 1. The molecule has 1 aliphatic heterocycles. The molecule has 0 radical (unpaired) electrons. The van der Waals surface area contributed by atoms with E-state index in [1.165, 1.54) is 19.3 Å². The number of nitrogens with zero attached hydrogens (tertiary/aromatic N) is 2. The van der Waals surface area contributed by atoms with Crippen LogP contribution in [0.5, 0.6) is 0 Å². The Morgan fingerprint density at radius 2 is 2.06 bits per heavy atom. The van der Waals surface area contributed by atoms with E-state index >= 15 is 0 Å². The first-order chi connectivity index (χ1) is 8.25. The number of anilines is 1. The molecule has 2 atom stereocenters. The first-order valence-electron chi connectivity index (χ1n) is 6.30. The molecule has 0 aromatic carbocycles. The molecule has 1 aromatic rings. The van der Waals surface area contributed by atoms with E-state index in [-0.39, 0.29) is 5.84 Å². The quantitative estimate of drug-likeness (QED) is 0.599. The monoisotopic (exact) mass is 230 g/mol. The minimum absolute atomic E-state index is 0.116. The van der Waals surface area contributed by atoms with Gasteiger partial charge in [0.05, 0.1) is 5.56 Å². The topological polar surface area (TPSA) is 66.0 Å². The van der Waals surface area contributed by atoms with Gasteiger partial charge in [-0.1, -0.05) is 6.42 Å². The van der Waals surface area contributed by atoms with Crippen molar-refractivity contribution < 1.29 is 0 Å². The van der Waals surface area contributed by atoms with Crippen LogP contribution >= 0.6 is 0 Å². The Morgan fingerprint density at radius 3 is 2.71 bits per heavy atom. The molecule has 2 unspecified atom stereocenters. The lowest BCUT2D eigenvalue weighted by Gasteiger charge is -2.20. The van der Waals surface area contributed by atoms with Crippen LogP contribution < -0.4 is 10.6 Å². The van der Waals surface area contributed by atoms with Gasteiger partial charge in [0.2, 0.25) is 0 Å². The molecule has 0 bridgehead atoms. The van der Waals surface area contributed by atoms with Crippen LogP contribution in [0.15, 0.2) is 18.3 Å². The summed E-state index contributed by atoms with van der Waals surface area (Å²) >= 11 is 0. The van der Waals surface area contributed by atoms with Crippen molar-refractivity contribution in [3.63, 3.8) is 0 Å². The van der Waals surface area contributed by atoms with Crippen LogP contribution in [0.25, 0.3) is 0 Å². The van der Waals surface area contributed by atoms with E-state index in [9.17, 15) is 0 Å². The standard InChI is InChI=1S/C13H18N4/c14-12(15)11-5-2-6-16-13(11)17-7-9-3-1-4-10(9)8-17/h2,5-6,9-10H,1,3-4,7-8H2,(H3,14,15). The molecule has 1 aromatic heterocycles. The first-order valence-corrected chi connectivity index (χ1v) is 6.30. The Bertz CT molecular complexity index is 431. The van der Waals surface area contributed by atoms with Gasteiger partial charge in [-0.3, -0.25) is 5.41 Å². The number of pyridine rings is 1. The second kappa shape index (κ2) is 4.02. The molecule has 1 saturated carbocycles. The van der Waals surface area contributed by atoms with Crippen molar-refractivity contribution in [3.8, 4) is 0 Å². The maximum Gasteiger partial charge on any atom is 0.139 e. The summed E-state index contributed by atoms with van der Waals surface area (Å²) in [5.74, 6) is 2.67. The van der Waals surface area contributed by atoms with Gasteiger partial charge in [0.1, 0.15) is 11.7 Å². The summed E-state index contributed by atoms with van der Waals surface area (Å²) in [5, 5.41) is 7.61. The van der Waals surface area contributed by atoms with Crippen LogP contribution in [0.1, 0.15) is 24.8 Å². The Kier molecular flexibility index (Phi) is 2.50. The van der Waals surface area contributed by atoms with Crippen LogP contribution in [0.4, 0.5) is 5.82 Å². The molecule has 4 nitrogen and oxygen atoms in total. The minimum atomic E-state index is 0.116. The highest BCUT2D eigenvalue weighted by Crippen LogP contribution is 2.39. The number of nitrogens with two attached hydrogens (primary N) is 1. The Labute approximate surface area is 101 Å². The number of amidine groups is 1. The summed E-state index contributed by atoms with van der Waals surface area (Å²) in [6, 6.07) is 3.73. The molecular formula is C13H18N4. The third-order valence-corrected chi connectivity index (χ3v) is 4.10. The molecule has 2 aliphatic rings. The van der Waals surface area contributed by atoms with E-state index in [4.69, 9.17) is 11.1 Å². The predicted molar refractivity (Wildman–Crippen MR) is 68.3 cm³/mol. The van der Waals surface area contributed by atoms with Crippen LogP contribution in [-0.4, -0.2) is 23.9 Å². The van der Waals surface area contributed by atoms with Gasteiger partial charge < -0.3 is 10.6 Å². The Balaban J connectivity index is 1.88. The van der Waals surface area contributed by atoms with Gasteiger partial charge in [-0.15, -0.1) is 0 Å². The second-order valence-electron chi connectivity index (χ2n) is 5.14. The van der Waals surface area contributed by atoms with Crippen molar-refractivity contribution in [2.75, 3.05) is 18.0 Å². The number of aromatic nitrogens is 1. The van der Waals surface area contributed by atoms with Gasteiger partial charge >= 0.3 is 0 Å². The summed E-state index contributed by atoms with van der Waals surface area (Å²) in [7, 11) is 0. The average molecular weight is 230 g/mol. The molecule has 3 rings (SSSR count). The van der Waals surface area contributed by atoms with Crippen LogP contribution in [0.3, 0.4) is 0 Å². The van der Waals surface area contributed by atoms with Crippen LogP contribution in [-0.2, 0) is 0 Å². The number of hydrogen-bond donors (Lipinski definition) is 2. The van der Waals surface area contributed by atoms with Crippen molar-refractivity contribution >= 4 is 11.7 Å². The van der Waals surface area contributed by atoms with Gasteiger partial charge in [0.25, 0.3) is 0 Å². The molecule has 1 aliphatic carbocycles. The minimum Gasteiger partial charge on any atom is -0.384 e. The third-order valence-electron chi connectivity index (χ3n) is 4.10. The highest BCUT2D eigenvalue weighted by Gasteiger charge is 2.37. The van der Waals surface area contributed by atoms with Gasteiger partial charge in [0.15, 0.2) is 0 Å². The van der Waals surface area contributed by atoms with Gasteiger partial charge in [-0.2, -0.15) is 0 Å². The molecule has 1 saturated heterocycles. The van der Waals surface area contributed by atoms with Crippen molar-refractivity contribution in [1.29, 1.82) is 5.41 Å². The fourth-order valence-corrected chi connectivity index (χ4v) is 3.27. The zero-order valence-electron chi connectivity index (χ0n) is 9.89. The van der Waals surface area contributed by atoms with Gasteiger partial charge in [0, 0.05) is 19.3 Å². The lowest BCUT2D eigenvalue weighted by molar-refractivity contribution is 0.494. The van der Waals surface area contributed by atoms with Gasteiger partial charge in [-0.25, -0.2) is 4.98 Å². The molecule has 3 N–H and O–H groups in total. The maximum atomic E-state index is 7.61. The summed E-state index contributed by atoms with van der Waals surface area (Å²) in [6.45, 7) is 2.17. The van der Waals surface area contributed by atoms with Crippen LogP contribution in [0.2, 0.25) is 0 Å². The van der Waals surface area contributed by atoms with E-state index < -0.39 is 0 Å². The molecular weight excluding hydrogens is 212 g/mol. The van der Waals surface area contributed by atoms with Crippen LogP contribution in [0, 0.1) is 17.2 Å². The SMILES string of the molecule is N=C(N)c1cccnc1N1CC2CCCC2C1. The number of rotatable bonds is 2. The van der Waals surface area contributed by atoms with E-state index in [1.807, 2.05) is 12.1 Å². The van der Waals surface area contributed by atoms with Gasteiger partial charge in [-0.05, 0) is 36.8 Å². The molecule has 2 heterocycles. The molecule has 90 valence electrons. The van der Waals surface area contributed by atoms with E-state index in [2.05, 4.69) is 9.88 Å². The lowest BCUT2D eigenvalue weighted by atomic mass is 10.0. The lowest BCUT2D eigenvalue weighted by Crippen LogP contribution is -2.26. The predicted octanol–water partition coefficient (Wildman–Crippen LogP) is 1.60. The van der Waals surface area contributed by atoms with Crippen molar-refractivity contribution in [3.05, 3.63) is 23.9 Å². The van der Waals surface area contributed by atoms with Crippen molar-refractivity contribution in [2.45, 2.75) is 19.3 Å². The smallest absolute Gasteiger partial charge is 0.139 e. The van der Waals surface area contributed by atoms with E-state index in [1.54, 1.807) is 6.20 Å². The molecule has 0 spiro atoms. The molecule has 2 fully saturated rings. The molecule has 0 amide bonds. The summed E-state index contributed by atoms with van der Waals surface area (Å²) in [6.07, 6.45) is 5.87. The van der Waals surface area contributed by atoms with Crippen molar-refractivity contribution in [1.82, 2.24) is 4.98 Å². The maximum absolute atomic E-state index is 7.61. The Hall–Kier alpha value is -1.58. The zero-order valence-corrected chi connectivity index (χ0v) is 9.89. The fourth-order valence-electron chi connectivity index (χ4n) is 3.27. The third kappa shape index (κ3) is 1.77. The molecule has 4 heteroatoms. The van der Waals surface area contributed by atoms with E-state index in [0.29, 0.717) is 0 Å². The van der Waals surface area contributed by atoms with E-state index in [0.717, 1.165) is 36.3 Å². The Morgan fingerprint density at radius 1 is 1.35 bits per heavy atom. The second-order valence-corrected chi connectivity index (χ2v) is 5.14. The average Bonchev–Trinajstić information content (AvgIpc) is 2.88. The number of hydrogen-bond acceptors (Lipinski definition) is 3. The first kappa shape index (κ1) is 10.6. The zero-order chi connectivity index (χ0) is 11.8. The summed E-state index contributed by atoms with van der Waals surface area (Å²) in [5.41, 5.74) is 6.39. The number of fused-ring (bicyclic) bond motifs is 1. The normalized spacial score (nSPS) is 27.2. The number of nitrogen functional groups attached to an aromatic ring is 1. The summed E-state index contributed by atoms with van der Waals surface area (Å²) in [4.78, 5) is 6.73. The molecule has 17 heavy (non-hydrogen) atoms. The highest BCUT2D eigenvalue weighted by molar-refractivity contribution is 5.99. The fraction of sp³-hybridized carbons (Fsp3) is 0.538. The highest BCUT2D eigenvalue weighted by atomic mass is 15.2. The van der Waals surface area contributed by atoms with Crippen molar-refractivity contribution in [2.24, 2.45) is 17.6 Å².